The van der Waals surface area contributed by atoms with Gasteiger partial charge in [0.1, 0.15) is 5.75 Å². The van der Waals surface area contributed by atoms with E-state index in [1.807, 2.05) is 24.3 Å². The molecule has 0 atom stereocenters. The van der Waals surface area contributed by atoms with Crippen LogP contribution in [0.5, 0.6) is 5.75 Å². The summed E-state index contributed by atoms with van der Waals surface area (Å²) in [6.07, 6.45) is 5.06. The Morgan fingerprint density at radius 3 is 2.88 bits per heavy atom. The first-order valence-corrected chi connectivity index (χ1v) is 9.96. The Balaban J connectivity index is 1.52. The summed E-state index contributed by atoms with van der Waals surface area (Å²) in [7, 11) is 0. The molecule has 5 heteroatoms. The first-order chi connectivity index (χ1) is 12.2. The zero-order chi connectivity index (χ0) is 17.2. The van der Waals surface area contributed by atoms with Gasteiger partial charge in [0, 0.05) is 21.0 Å². The zero-order valence-corrected chi connectivity index (χ0v) is 15.7. The number of phenols is 1. The van der Waals surface area contributed by atoms with Crippen LogP contribution < -0.4 is 4.90 Å². The maximum atomic E-state index is 10.2. The summed E-state index contributed by atoms with van der Waals surface area (Å²) >= 11 is 9.55. The van der Waals surface area contributed by atoms with E-state index in [4.69, 9.17) is 11.6 Å². The van der Waals surface area contributed by atoms with Gasteiger partial charge in [-0.2, -0.15) is 0 Å². The molecule has 0 amide bonds. The largest absolute Gasteiger partial charge is 0.506 e. The summed E-state index contributed by atoms with van der Waals surface area (Å²) in [6, 6.07) is 17.9. The highest BCUT2D eigenvalue weighted by Crippen LogP contribution is 2.38. The normalized spacial score (nSPS) is 13.1. The number of para-hydroxylation sites is 1. The number of thiophene rings is 1. The minimum absolute atomic E-state index is 0.340. The van der Waals surface area contributed by atoms with Gasteiger partial charge < -0.3 is 10.0 Å². The molecule has 1 aliphatic rings. The Morgan fingerprint density at radius 1 is 1.12 bits per heavy atom. The van der Waals surface area contributed by atoms with Crippen molar-refractivity contribution < 1.29 is 5.11 Å². The number of anilines is 1. The lowest BCUT2D eigenvalue weighted by atomic mass is 10.0. The molecule has 1 aliphatic heterocycles. The van der Waals surface area contributed by atoms with Crippen LogP contribution in [0.2, 0.25) is 5.02 Å². The third-order valence-corrected chi connectivity index (χ3v) is 6.41. The van der Waals surface area contributed by atoms with Crippen molar-refractivity contribution in [3.8, 4) is 5.75 Å². The number of fused-ring (bicyclic) bond motifs is 1. The Kier molecular flexibility index (Phi) is 4.75. The number of phenolic OH excluding ortho intramolecular Hbond substituents is 1. The van der Waals surface area contributed by atoms with Crippen LogP contribution in [-0.2, 0) is 13.0 Å². The summed E-state index contributed by atoms with van der Waals surface area (Å²) in [5.41, 5.74) is 2.08. The van der Waals surface area contributed by atoms with Gasteiger partial charge in [-0.3, -0.25) is 0 Å². The van der Waals surface area contributed by atoms with E-state index < -0.39 is 0 Å². The SMILES string of the molecule is Oc1cccc2c1N(Cc1ccc(Sc3cccc(Cl)c3)s1)C=CC2. The van der Waals surface area contributed by atoms with Crippen molar-refractivity contribution in [2.75, 3.05) is 4.90 Å². The van der Waals surface area contributed by atoms with E-state index in [0.29, 0.717) is 5.75 Å². The van der Waals surface area contributed by atoms with Crippen LogP contribution >= 0.6 is 34.7 Å². The van der Waals surface area contributed by atoms with Crippen LogP contribution in [0.1, 0.15) is 10.4 Å². The standard InChI is InChI=1S/C20H16ClNOS2/c21-15-6-2-7-16(12-15)24-19-10-9-17(25-19)13-22-11-3-5-14-4-1-8-18(23)20(14)22/h1-4,6-12,23H,5,13H2. The first-order valence-electron chi connectivity index (χ1n) is 7.95. The lowest BCUT2D eigenvalue weighted by Gasteiger charge is -2.26. The highest BCUT2D eigenvalue weighted by molar-refractivity contribution is 8.01. The van der Waals surface area contributed by atoms with Gasteiger partial charge in [-0.05, 0) is 48.4 Å². The van der Waals surface area contributed by atoms with Gasteiger partial charge in [0.15, 0.2) is 0 Å². The van der Waals surface area contributed by atoms with E-state index >= 15 is 0 Å². The Labute approximate surface area is 160 Å². The molecule has 0 aliphatic carbocycles. The second kappa shape index (κ2) is 7.16. The fraction of sp³-hybridized carbons (Fsp3) is 0.100. The quantitative estimate of drug-likeness (QED) is 0.567. The number of hydrogen-bond donors (Lipinski definition) is 1. The average molecular weight is 386 g/mol. The molecule has 25 heavy (non-hydrogen) atoms. The van der Waals surface area contributed by atoms with Crippen LogP contribution in [0.15, 0.2) is 76.0 Å². The number of allylic oxidation sites excluding steroid dienone is 1. The van der Waals surface area contributed by atoms with Crippen LogP contribution in [-0.4, -0.2) is 5.11 Å². The van der Waals surface area contributed by atoms with E-state index in [2.05, 4.69) is 41.4 Å². The summed E-state index contributed by atoms with van der Waals surface area (Å²) < 4.78 is 1.23. The van der Waals surface area contributed by atoms with Crippen molar-refractivity contribution >= 4 is 40.4 Å². The molecule has 2 nitrogen and oxygen atoms in total. The minimum Gasteiger partial charge on any atom is -0.506 e. The van der Waals surface area contributed by atoms with Crippen molar-refractivity contribution in [3.63, 3.8) is 0 Å². The molecule has 4 rings (SSSR count). The third kappa shape index (κ3) is 3.71. The van der Waals surface area contributed by atoms with Gasteiger partial charge in [-0.1, -0.05) is 47.6 Å². The van der Waals surface area contributed by atoms with Crippen molar-refractivity contribution in [2.24, 2.45) is 0 Å². The molecule has 0 radical (unpaired) electrons. The zero-order valence-electron chi connectivity index (χ0n) is 13.4. The molecule has 0 fully saturated rings. The van der Waals surface area contributed by atoms with Gasteiger partial charge >= 0.3 is 0 Å². The topological polar surface area (TPSA) is 23.5 Å². The van der Waals surface area contributed by atoms with Gasteiger partial charge in [-0.15, -0.1) is 11.3 Å². The van der Waals surface area contributed by atoms with Gasteiger partial charge in [0.2, 0.25) is 0 Å². The molecule has 126 valence electrons. The van der Waals surface area contributed by atoms with Gasteiger partial charge in [0.25, 0.3) is 0 Å². The van der Waals surface area contributed by atoms with E-state index in [-0.39, 0.29) is 0 Å². The molecule has 2 heterocycles. The van der Waals surface area contributed by atoms with Crippen molar-refractivity contribution in [1.82, 2.24) is 0 Å². The predicted octanol–water partition coefficient (Wildman–Crippen LogP) is 6.33. The summed E-state index contributed by atoms with van der Waals surface area (Å²) in [5, 5.41) is 11.0. The van der Waals surface area contributed by atoms with Crippen molar-refractivity contribution in [3.05, 3.63) is 82.3 Å². The predicted molar refractivity (Wildman–Crippen MR) is 107 cm³/mol. The summed E-state index contributed by atoms with van der Waals surface area (Å²) in [5.74, 6) is 0.340. The minimum atomic E-state index is 0.340. The monoisotopic (exact) mass is 385 g/mol. The lowest BCUT2D eigenvalue weighted by Crippen LogP contribution is -2.19. The Hall–Kier alpha value is -1.88. The number of nitrogens with zero attached hydrogens (tertiary/aromatic N) is 1. The number of aromatic hydroxyl groups is 1. The molecule has 0 saturated carbocycles. The smallest absolute Gasteiger partial charge is 0.139 e. The first kappa shape index (κ1) is 16.6. The van der Waals surface area contributed by atoms with Gasteiger partial charge in [-0.25, -0.2) is 0 Å². The number of benzene rings is 2. The Bertz CT molecular complexity index is 935. The lowest BCUT2D eigenvalue weighted by molar-refractivity contribution is 0.474. The van der Waals surface area contributed by atoms with Crippen molar-refractivity contribution in [2.45, 2.75) is 22.1 Å². The highest BCUT2D eigenvalue weighted by Gasteiger charge is 2.17. The molecule has 0 saturated heterocycles. The van der Waals surface area contributed by atoms with Crippen LogP contribution in [0.25, 0.3) is 0 Å². The molecule has 1 N–H and O–H groups in total. The Morgan fingerprint density at radius 2 is 2.00 bits per heavy atom. The molecule has 2 aromatic carbocycles. The van der Waals surface area contributed by atoms with Crippen molar-refractivity contribution in [1.29, 1.82) is 0 Å². The molecule has 3 aromatic rings. The maximum Gasteiger partial charge on any atom is 0.139 e. The molecule has 0 bridgehead atoms. The number of rotatable bonds is 4. The van der Waals surface area contributed by atoms with E-state index in [0.717, 1.165) is 34.1 Å². The number of halogens is 1. The molecule has 1 aromatic heterocycles. The van der Waals surface area contributed by atoms with Crippen LogP contribution in [0, 0.1) is 0 Å². The van der Waals surface area contributed by atoms with E-state index in [1.165, 1.54) is 9.09 Å². The molecule has 0 spiro atoms. The van der Waals surface area contributed by atoms with E-state index in [1.54, 1.807) is 29.2 Å². The maximum absolute atomic E-state index is 10.2. The fourth-order valence-corrected chi connectivity index (χ4v) is 5.37. The molecular formula is C20H16ClNOS2. The highest BCUT2D eigenvalue weighted by atomic mass is 35.5. The van der Waals surface area contributed by atoms with E-state index in [9.17, 15) is 5.11 Å². The third-order valence-electron chi connectivity index (χ3n) is 3.99. The second-order valence-corrected chi connectivity index (χ2v) is 8.76. The number of hydrogen-bond acceptors (Lipinski definition) is 4. The van der Waals surface area contributed by atoms with Crippen LogP contribution in [0.3, 0.4) is 0 Å². The van der Waals surface area contributed by atoms with Crippen LogP contribution in [0.4, 0.5) is 5.69 Å². The molecular weight excluding hydrogens is 370 g/mol. The average Bonchev–Trinajstić information content (AvgIpc) is 3.02. The summed E-state index contributed by atoms with van der Waals surface area (Å²) in [6.45, 7) is 0.752. The molecule has 0 unspecified atom stereocenters. The van der Waals surface area contributed by atoms with Gasteiger partial charge in [0.05, 0.1) is 16.4 Å². The fourth-order valence-electron chi connectivity index (χ4n) is 2.90. The second-order valence-electron chi connectivity index (χ2n) is 5.78. The summed E-state index contributed by atoms with van der Waals surface area (Å²) in [4.78, 5) is 4.51.